The number of ether oxygens (including phenoxy) is 1. The van der Waals surface area contributed by atoms with E-state index in [9.17, 15) is 0 Å². The lowest BCUT2D eigenvalue weighted by atomic mass is 9.98. The van der Waals surface area contributed by atoms with E-state index in [-0.39, 0.29) is 12.2 Å². The zero-order valence-corrected chi connectivity index (χ0v) is 8.88. The molecule has 0 spiro atoms. The summed E-state index contributed by atoms with van der Waals surface area (Å²) < 4.78 is 5.50. The molecule has 0 amide bonds. The lowest BCUT2D eigenvalue weighted by Crippen LogP contribution is -2.38. The summed E-state index contributed by atoms with van der Waals surface area (Å²) in [6.45, 7) is 5.17. The molecule has 0 radical (unpaired) electrons. The lowest BCUT2D eigenvalue weighted by molar-refractivity contribution is -0.0458. The van der Waals surface area contributed by atoms with Gasteiger partial charge in [-0.3, -0.25) is 0 Å². The summed E-state index contributed by atoms with van der Waals surface area (Å²) in [4.78, 5) is 0. The second kappa shape index (κ2) is 7.30. The largest absolute Gasteiger partial charge is 0.394 e. The van der Waals surface area contributed by atoms with Gasteiger partial charge in [0, 0.05) is 6.54 Å². The van der Waals surface area contributed by atoms with Crippen molar-refractivity contribution in [3.8, 4) is 0 Å². The van der Waals surface area contributed by atoms with Crippen molar-refractivity contribution in [2.45, 2.75) is 45.1 Å². The molecule has 3 nitrogen and oxygen atoms in total. The monoisotopic (exact) mass is 189 g/mol. The molecule has 0 aliphatic heterocycles. The molecule has 0 fully saturated rings. The van der Waals surface area contributed by atoms with Gasteiger partial charge in [-0.05, 0) is 13.3 Å². The fourth-order valence-electron chi connectivity index (χ4n) is 1.27. The molecule has 1 atom stereocenters. The Balaban J connectivity index is 3.67. The maximum Gasteiger partial charge on any atom is 0.0777 e. The third-order valence-electron chi connectivity index (χ3n) is 2.28. The highest BCUT2D eigenvalue weighted by Crippen LogP contribution is 2.17. The van der Waals surface area contributed by atoms with E-state index < -0.39 is 0 Å². The van der Waals surface area contributed by atoms with Crippen LogP contribution in [0.1, 0.15) is 39.5 Å². The van der Waals surface area contributed by atoms with Crippen molar-refractivity contribution in [2.75, 3.05) is 19.8 Å². The Kier molecular flexibility index (Phi) is 7.23. The third-order valence-corrected chi connectivity index (χ3v) is 2.28. The minimum absolute atomic E-state index is 0.0728. The van der Waals surface area contributed by atoms with Crippen LogP contribution >= 0.6 is 0 Å². The highest BCUT2D eigenvalue weighted by molar-refractivity contribution is 4.75. The normalized spacial score (nSPS) is 15.7. The Morgan fingerprint density at radius 2 is 2.08 bits per heavy atom. The van der Waals surface area contributed by atoms with Gasteiger partial charge in [-0.1, -0.05) is 26.2 Å². The van der Waals surface area contributed by atoms with Crippen LogP contribution in [0.4, 0.5) is 0 Å². The zero-order valence-electron chi connectivity index (χ0n) is 8.88. The minimum atomic E-state index is -0.238. The van der Waals surface area contributed by atoms with Crippen molar-refractivity contribution in [3.05, 3.63) is 0 Å². The second-order valence-corrected chi connectivity index (χ2v) is 3.68. The molecule has 0 aromatic carbocycles. The van der Waals surface area contributed by atoms with Crippen LogP contribution in [0.3, 0.4) is 0 Å². The summed E-state index contributed by atoms with van der Waals surface area (Å²) in [6.07, 6.45) is 4.56. The van der Waals surface area contributed by atoms with E-state index in [0.29, 0.717) is 13.2 Å². The van der Waals surface area contributed by atoms with Crippen LogP contribution in [-0.4, -0.2) is 30.5 Å². The summed E-state index contributed by atoms with van der Waals surface area (Å²) in [5.74, 6) is 0. The van der Waals surface area contributed by atoms with Gasteiger partial charge >= 0.3 is 0 Å². The number of aliphatic hydroxyl groups is 1. The van der Waals surface area contributed by atoms with Crippen molar-refractivity contribution >= 4 is 0 Å². The lowest BCUT2D eigenvalue weighted by Gasteiger charge is -2.28. The number of aliphatic hydroxyl groups excluding tert-OH is 1. The second-order valence-electron chi connectivity index (χ2n) is 3.68. The van der Waals surface area contributed by atoms with Crippen molar-refractivity contribution in [2.24, 2.45) is 5.73 Å². The van der Waals surface area contributed by atoms with E-state index in [4.69, 9.17) is 15.6 Å². The fourth-order valence-corrected chi connectivity index (χ4v) is 1.27. The first kappa shape index (κ1) is 12.9. The van der Waals surface area contributed by atoms with Gasteiger partial charge in [-0.2, -0.15) is 0 Å². The van der Waals surface area contributed by atoms with Crippen molar-refractivity contribution in [3.63, 3.8) is 0 Å². The average Bonchev–Trinajstić information content (AvgIpc) is 2.15. The molecule has 1 unspecified atom stereocenters. The molecule has 80 valence electrons. The van der Waals surface area contributed by atoms with Gasteiger partial charge in [0.2, 0.25) is 0 Å². The van der Waals surface area contributed by atoms with Crippen LogP contribution in [0.25, 0.3) is 0 Å². The SMILES string of the molecule is CCCCCC(C)(CN)OCCO. The van der Waals surface area contributed by atoms with E-state index in [2.05, 4.69) is 6.92 Å². The Labute approximate surface area is 81.3 Å². The van der Waals surface area contributed by atoms with Gasteiger partial charge in [0.25, 0.3) is 0 Å². The van der Waals surface area contributed by atoms with E-state index >= 15 is 0 Å². The first-order valence-electron chi connectivity index (χ1n) is 5.13. The first-order chi connectivity index (χ1) is 6.18. The highest BCUT2D eigenvalue weighted by Gasteiger charge is 2.21. The maximum atomic E-state index is 8.63. The molecule has 0 aromatic heterocycles. The smallest absolute Gasteiger partial charge is 0.0777 e. The van der Waals surface area contributed by atoms with Crippen molar-refractivity contribution < 1.29 is 9.84 Å². The molecule has 0 heterocycles. The quantitative estimate of drug-likeness (QED) is 0.566. The highest BCUT2D eigenvalue weighted by atomic mass is 16.5. The van der Waals surface area contributed by atoms with Crippen LogP contribution in [0, 0.1) is 0 Å². The minimum Gasteiger partial charge on any atom is -0.394 e. The number of rotatable bonds is 8. The summed E-state index contributed by atoms with van der Waals surface area (Å²) in [6, 6.07) is 0. The van der Waals surface area contributed by atoms with E-state index in [1.807, 2.05) is 6.92 Å². The number of unbranched alkanes of at least 4 members (excludes halogenated alkanes) is 2. The summed E-state index contributed by atoms with van der Waals surface area (Å²) in [5.41, 5.74) is 5.39. The van der Waals surface area contributed by atoms with Crippen LogP contribution in [-0.2, 0) is 4.74 Å². The molecule has 13 heavy (non-hydrogen) atoms. The molecule has 0 aliphatic rings. The molecule has 3 N–H and O–H groups in total. The number of hydrogen-bond donors (Lipinski definition) is 2. The van der Waals surface area contributed by atoms with Gasteiger partial charge in [0.1, 0.15) is 0 Å². The maximum absolute atomic E-state index is 8.63. The zero-order chi connectivity index (χ0) is 10.2. The van der Waals surface area contributed by atoms with Crippen LogP contribution in [0.15, 0.2) is 0 Å². The topological polar surface area (TPSA) is 55.5 Å². The molecule has 0 saturated carbocycles. The van der Waals surface area contributed by atoms with Crippen molar-refractivity contribution in [1.29, 1.82) is 0 Å². The summed E-state index contributed by atoms with van der Waals surface area (Å²) >= 11 is 0. The molecule has 0 saturated heterocycles. The molecule has 0 bridgehead atoms. The average molecular weight is 189 g/mol. The Morgan fingerprint density at radius 1 is 1.38 bits per heavy atom. The molecule has 0 rings (SSSR count). The predicted octanol–water partition coefficient (Wildman–Crippen LogP) is 1.29. The van der Waals surface area contributed by atoms with E-state index in [0.717, 1.165) is 12.8 Å². The summed E-state index contributed by atoms with van der Waals surface area (Å²) in [5, 5.41) is 8.63. The van der Waals surface area contributed by atoms with Crippen LogP contribution < -0.4 is 5.73 Å². The van der Waals surface area contributed by atoms with Gasteiger partial charge in [0.05, 0.1) is 18.8 Å². The molecule has 0 aliphatic carbocycles. The summed E-state index contributed by atoms with van der Waals surface area (Å²) in [7, 11) is 0. The van der Waals surface area contributed by atoms with Crippen LogP contribution in [0.5, 0.6) is 0 Å². The number of hydrogen-bond acceptors (Lipinski definition) is 3. The Hall–Kier alpha value is -0.120. The van der Waals surface area contributed by atoms with Gasteiger partial charge < -0.3 is 15.6 Å². The molecular formula is C10H23NO2. The van der Waals surface area contributed by atoms with Gasteiger partial charge in [0.15, 0.2) is 0 Å². The fraction of sp³-hybridized carbons (Fsp3) is 1.00. The van der Waals surface area contributed by atoms with E-state index in [1.165, 1.54) is 12.8 Å². The first-order valence-corrected chi connectivity index (χ1v) is 5.13. The van der Waals surface area contributed by atoms with Crippen molar-refractivity contribution in [1.82, 2.24) is 0 Å². The van der Waals surface area contributed by atoms with E-state index in [1.54, 1.807) is 0 Å². The predicted molar refractivity (Wildman–Crippen MR) is 54.6 cm³/mol. The molecular weight excluding hydrogens is 166 g/mol. The van der Waals surface area contributed by atoms with Gasteiger partial charge in [-0.15, -0.1) is 0 Å². The Morgan fingerprint density at radius 3 is 2.54 bits per heavy atom. The third kappa shape index (κ3) is 6.02. The van der Waals surface area contributed by atoms with Crippen LogP contribution in [0.2, 0.25) is 0 Å². The number of nitrogens with two attached hydrogens (primary N) is 1. The molecule has 0 aromatic rings. The van der Waals surface area contributed by atoms with Gasteiger partial charge in [-0.25, -0.2) is 0 Å². The standard InChI is InChI=1S/C10H23NO2/c1-3-4-5-6-10(2,9-11)13-8-7-12/h12H,3-9,11H2,1-2H3. The Bertz CT molecular complexity index is 119. The molecule has 3 heteroatoms.